The zero-order valence-corrected chi connectivity index (χ0v) is 13.0. The molecule has 3 heteroatoms. The summed E-state index contributed by atoms with van der Waals surface area (Å²) in [6.45, 7) is 5.66. The lowest BCUT2D eigenvalue weighted by Crippen LogP contribution is -2.46. The molecule has 0 radical (unpaired) electrons. The average Bonchev–Trinajstić information content (AvgIpc) is 2.83. The van der Waals surface area contributed by atoms with Crippen LogP contribution in [0.1, 0.15) is 46.0 Å². The van der Waals surface area contributed by atoms with Gasteiger partial charge in [0.05, 0.1) is 5.60 Å². The molecule has 0 amide bonds. The Bertz CT molecular complexity index is 253. The SMILES string of the molecule is CCC(C)CC(NC)C1CCOC2(CCSC2)C1. The van der Waals surface area contributed by atoms with Crippen LogP contribution in [-0.2, 0) is 4.74 Å². The van der Waals surface area contributed by atoms with Gasteiger partial charge in [0.2, 0.25) is 0 Å². The van der Waals surface area contributed by atoms with Gasteiger partial charge in [-0.2, -0.15) is 11.8 Å². The number of nitrogens with one attached hydrogen (secondary N) is 1. The number of thioether (sulfide) groups is 1. The number of hydrogen-bond acceptors (Lipinski definition) is 3. The summed E-state index contributed by atoms with van der Waals surface area (Å²) in [4.78, 5) is 0. The summed E-state index contributed by atoms with van der Waals surface area (Å²) >= 11 is 2.07. The second kappa shape index (κ2) is 6.62. The predicted octanol–water partition coefficient (Wildman–Crippen LogP) is 3.31. The molecular formula is C15H29NOS. The van der Waals surface area contributed by atoms with Gasteiger partial charge in [0, 0.05) is 18.4 Å². The van der Waals surface area contributed by atoms with Gasteiger partial charge >= 0.3 is 0 Å². The Morgan fingerprint density at radius 2 is 2.33 bits per heavy atom. The largest absolute Gasteiger partial charge is 0.374 e. The van der Waals surface area contributed by atoms with Crippen LogP contribution in [0.25, 0.3) is 0 Å². The molecule has 2 nitrogen and oxygen atoms in total. The van der Waals surface area contributed by atoms with Gasteiger partial charge in [0.1, 0.15) is 0 Å². The van der Waals surface area contributed by atoms with Crippen LogP contribution < -0.4 is 5.32 Å². The van der Waals surface area contributed by atoms with Crippen LogP contribution in [0.5, 0.6) is 0 Å². The van der Waals surface area contributed by atoms with Crippen molar-refractivity contribution in [2.24, 2.45) is 11.8 Å². The molecule has 2 aliphatic rings. The smallest absolute Gasteiger partial charge is 0.0783 e. The average molecular weight is 271 g/mol. The zero-order chi connectivity index (χ0) is 13.0. The van der Waals surface area contributed by atoms with E-state index in [1.807, 2.05) is 0 Å². The van der Waals surface area contributed by atoms with E-state index in [9.17, 15) is 0 Å². The molecule has 0 aliphatic carbocycles. The summed E-state index contributed by atoms with van der Waals surface area (Å²) in [5, 5.41) is 3.58. The van der Waals surface area contributed by atoms with Crippen molar-refractivity contribution in [1.29, 1.82) is 0 Å². The zero-order valence-electron chi connectivity index (χ0n) is 12.2. The molecule has 2 aliphatic heterocycles. The minimum Gasteiger partial charge on any atom is -0.374 e. The summed E-state index contributed by atoms with van der Waals surface area (Å²) in [5.41, 5.74) is 0.234. The Kier molecular flexibility index (Phi) is 5.40. The van der Waals surface area contributed by atoms with E-state index < -0.39 is 0 Å². The van der Waals surface area contributed by atoms with Crippen LogP contribution in [0.15, 0.2) is 0 Å². The molecule has 2 fully saturated rings. The first kappa shape index (κ1) is 14.7. The van der Waals surface area contributed by atoms with Crippen LogP contribution in [0.3, 0.4) is 0 Å². The van der Waals surface area contributed by atoms with Crippen molar-refractivity contribution in [3.63, 3.8) is 0 Å². The van der Waals surface area contributed by atoms with Crippen LogP contribution in [-0.4, -0.2) is 36.8 Å². The van der Waals surface area contributed by atoms with Crippen LogP contribution in [0, 0.1) is 11.8 Å². The standard InChI is InChI=1S/C15H29NOS/c1-4-12(2)9-14(16-3)13-5-7-17-15(10-13)6-8-18-11-15/h12-14,16H,4-11H2,1-3H3. The van der Waals surface area contributed by atoms with E-state index in [4.69, 9.17) is 4.74 Å². The molecule has 2 saturated heterocycles. The van der Waals surface area contributed by atoms with E-state index in [2.05, 4.69) is 38.0 Å². The van der Waals surface area contributed by atoms with Crippen LogP contribution in [0.2, 0.25) is 0 Å². The van der Waals surface area contributed by atoms with Crippen molar-refractivity contribution in [1.82, 2.24) is 5.32 Å². The first-order valence-corrected chi connectivity index (χ1v) is 8.73. The number of ether oxygens (including phenoxy) is 1. The maximum Gasteiger partial charge on any atom is 0.0783 e. The highest BCUT2D eigenvalue weighted by molar-refractivity contribution is 7.99. The lowest BCUT2D eigenvalue weighted by Gasteiger charge is -2.41. The molecule has 1 N–H and O–H groups in total. The molecule has 0 saturated carbocycles. The van der Waals surface area contributed by atoms with Gasteiger partial charge in [-0.1, -0.05) is 20.3 Å². The molecule has 18 heavy (non-hydrogen) atoms. The highest BCUT2D eigenvalue weighted by atomic mass is 32.2. The fraction of sp³-hybridized carbons (Fsp3) is 1.00. The Hall–Kier alpha value is 0.270. The van der Waals surface area contributed by atoms with E-state index in [0.717, 1.165) is 18.4 Å². The van der Waals surface area contributed by atoms with E-state index in [1.54, 1.807) is 0 Å². The third-order valence-corrected chi connectivity index (χ3v) is 6.11. The highest BCUT2D eigenvalue weighted by Crippen LogP contribution is 2.41. The van der Waals surface area contributed by atoms with E-state index in [-0.39, 0.29) is 5.60 Å². The lowest BCUT2D eigenvalue weighted by molar-refractivity contribution is -0.0857. The summed E-state index contributed by atoms with van der Waals surface area (Å²) in [7, 11) is 2.14. The molecule has 4 unspecified atom stereocenters. The molecule has 0 bridgehead atoms. The van der Waals surface area contributed by atoms with Gasteiger partial charge in [0.15, 0.2) is 0 Å². The predicted molar refractivity (Wildman–Crippen MR) is 80.3 cm³/mol. The maximum atomic E-state index is 6.13. The van der Waals surface area contributed by atoms with E-state index >= 15 is 0 Å². The van der Waals surface area contributed by atoms with Crippen molar-refractivity contribution < 1.29 is 4.74 Å². The fourth-order valence-electron chi connectivity index (χ4n) is 3.42. The second-order valence-corrected chi connectivity index (χ2v) is 7.34. The Balaban J connectivity index is 1.93. The van der Waals surface area contributed by atoms with Gasteiger partial charge in [0.25, 0.3) is 0 Å². The first-order valence-electron chi connectivity index (χ1n) is 7.58. The van der Waals surface area contributed by atoms with Crippen molar-refractivity contribution in [3.8, 4) is 0 Å². The minimum absolute atomic E-state index is 0.234. The second-order valence-electron chi connectivity index (χ2n) is 6.23. The Morgan fingerprint density at radius 1 is 1.50 bits per heavy atom. The molecule has 1 spiro atoms. The van der Waals surface area contributed by atoms with Gasteiger partial charge in [-0.15, -0.1) is 0 Å². The lowest BCUT2D eigenvalue weighted by atomic mass is 9.78. The van der Waals surface area contributed by atoms with Crippen molar-refractivity contribution >= 4 is 11.8 Å². The molecule has 0 aromatic rings. The Labute approximate surface area is 117 Å². The van der Waals surface area contributed by atoms with Gasteiger partial charge in [-0.3, -0.25) is 0 Å². The molecular weight excluding hydrogens is 242 g/mol. The van der Waals surface area contributed by atoms with Gasteiger partial charge in [-0.05, 0) is 50.3 Å². The summed E-state index contributed by atoms with van der Waals surface area (Å²) in [5.74, 6) is 4.17. The maximum absolute atomic E-state index is 6.13. The molecule has 2 rings (SSSR count). The first-order chi connectivity index (χ1) is 8.69. The topological polar surface area (TPSA) is 21.3 Å². The van der Waals surface area contributed by atoms with Crippen molar-refractivity contribution in [2.75, 3.05) is 25.2 Å². The van der Waals surface area contributed by atoms with Gasteiger partial charge < -0.3 is 10.1 Å². The summed E-state index contributed by atoms with van der Waals surface area (Å²) < 4.78 is 6.13. The third-order valence-electron chi connectivity index (χ3n) is 4.89. The molecule has 0 aromatic heterocycles. The quantitative estimate of drug-likeness (QED) is 0.829. The van der Waals surface area contributed by atoms with Crippen LogP contribution >= 0.6 is 11.8 Å². The highest BCUT2D eigenvalue weighted by Gasteiger charge is 2.42. The molecule has 2 heterocycles. The fourth-order valence-corrected chi connectivity index (χ4v) is 4.80. The number of hydrogen-bond donors (Lipinski definition) is 1. The van der Waals surface area contributed by atoms with E-state index in [1.165, 1.54) is 43.6 Å². The third kappa shape index (κ3) is 3.43. The monoisotopic (exact) mass is 271 g/mol. The number of rotatable bonds is 5. The Morgan fingerprint density at radius 3 is 2.94 bits per heavy atom. The van der Waals surface area contributed by atoms with Crippen molar-refractivity contribution in [3.05, 3.63) is 0 Å². The molecule has 106 valence electrons. The van der Waals surface area contributed by atoms with Crippen molar-refractivity contribution in [2.45, 2.75) is 57.6 Å². The van der Waals surface area contributed by atoms with Crippen LogP contribution in [0.4, 0.5) is 0 Å². The van der Waals surface area contributed by atoms with E-state index in [0.29, 0.717) is 6.04 Å². The summed E-state index contributed by atoms with van der Waals surface area (Å²) in [6, 6.07) is 0.686. The molecule has 0 aromatic carbocycles. The normalized spacial score (nSPS) is 35.8. The molecule has 4 atom stereocenters. The summed E-state index contributed by atoms with van der Waals surface area (Å²) in [6.07, 6.45) is 6.41. The van der Waals surface area contributed by atoms with Gasteiger partial charge in [-0.25, -0.2) is 0 Å². The minimum atomic E-state index is 0.234.